The molecule has 1 amide bonds. The molecule has 2 aromatic heterocycles. The molecule has 0 unspecified atom stereocenters. The van der Waals surface area contributed by atoms with E-state index in [1.165, 1.54) is 19.2 Å². The lowest BCUT2D eigenvalue weighted by Gasteiger charge is -2.27. The van der Waals surface area contributed by atoms with E-state index >= 15 is 0 Å². The number of aromatic amines is 2. The fraction of sp³-hybridized carbons (Fsp3) is 0.143. The number of nitrogens with one attached hydrogen (secondary N) is 2. The van der Waals surface area contributed by atoms with Crippen LogP contribution in [0, 0.1) is 5.82 Å². The van der Waals surface area contributed by atoms with Crippen molar-refractivity contribution in [1.82, 2.24) is 20.1 Å². The molecule has 1 aliphatic rings. The molecule has 0 radical (unpaired) electrons. The highest BCUT2D eigenvalue weighted by atomic mass is 19.1. The largest absolute Gasteiger partial charge is 0.504 e. The molecule has 6 rings (SSSR count). The number of aromatic hydroxyl groups is 1. The number of fused-ring (bicyclic) bond motifs is 2. The number of phenols is 1. The lowest BCUT2D eigenvalue weighted by atomic mass is 9.95. The van der Waals surface area contributed by atoms with Crippen molar-refractivity contribution in [2.75, 3.05) is 13.7 Å². The lowest BCUT2D eigenvalue weighted by Crippen LogP contribution is -2.31. The molecule has 1 aliphatic heterocycles. The number of methoxy groups -OCH3 is 1. The fourth-order valence-electron chi connectivity index (χ4n) is 5.05. The van der Waals surface area contributed by atoms with E-state index in [-0.39, 0.29) is 17.5 Å². The van der Waals surface area contributed by atoms with Gasteiger partial charge in [0.05, 0.1) is 18.8 Å². The third-order valence-corrected chi connectivity index (χ3v) is 6.80. The molecule has 0 spiro atoms. The van der Waals surface area contributed by atoms with Gasteiger partial charge in [-0.3, -0.25) is 9.89 Å². The van der Waals surface area contributed by atoms with Gasteiger partial charge < -0.3 is 19.7 Å². The van der Waals surface area contributed by atoms with Crippen LogP contribution in [-0.4, -0.2) is 44.7 Å². The summed E-state index contributed by atoms with van der Waals surface area (Å²) in [5, 5.41) is 18.6. The topological polar surface area (TPSA) is 94.2 Å². The van der Waals surface area contributed by atoms with E-state index in [0.717, 1.165) is 27.6 Å². The normalized spacial score (nSPS) is 15.0. The number of carbonyl (C=O) groups is 1. The lowest BCUT2D eigenvalue weighted by molar-refractivity contribution is 0.0746. The monoisotopic (exact) mass is 482 g/mol. The highest BCUT2D eigenvalue weighted by molar-refractivity contribution is 6.00. The van der Waals surface area contributed by atoms with Gasteiger partial charge in [0.2, 0.25) is 0 Å². The van der Waals surface area contributed by atoms with Crippen LogP contribution in [0.2, 0.25) is 0 Å². The van der Waals surface area contributed by atoms with Gasteiger partial charge in [0.1, 0.15) is 11.5 Å². The average molecular weight is 483 g/mol. The maximum atomic E-state index is 13.6. The molecule has 5 aromatic rings. The van der Waals surface area contributed by atoms with E-state index in [9.17, 15) is 14.3 Å². The van der Waals surface area contributed by atoms with E-state index in [1.54, 1.807) is 30.3 Å². The highest BCUT2D eigenvalue weighted by Crippen LogP contribution is 2.44. The van der Waals surface area contributed by atoms with Gasteiger partial charge in [-0.05, 0) is 60.0 Å². The summed E-state index contributed by atoms with van der Waals surface area (Å²) in [7, 11) is 1.49. The number of rotatable bonds is 6. The van der Waals surface area contributed by atoms with E-state index < -0.39 is 6.04 Å². The van der Waals surface area contributed by atoms with Crippen LogP contribution < -0.4 is 4.74 Å². The number of H-pyrrole nitrogens is 2. The number of aromatic nitrogens is 3. The molecule has 0 saturated carbocycles. The number of benzene rings is 3. The number of para-hydroxylation sites is 1. The molecule has 7 nitrogen and oxygen atoms in total. The van der Waals surface area contributed by atoms with Gasteiger partial charge in [-0.1, -0.05) is 24.3 Å². The first-order chi connectivity index (χ1) is 17.5. The summed E-state index contributed by atoms with van der Waals surface area (Å²) in [6.45, 7) is 0.458. The van der Waals surface area contributed by atoms with Crippen LogP contribution in [0.5, 0.6) is 11.5 Å². The quantitative estimate of drug-likeness (QED) is 0.310. The zero-order valence-corrected chi connectivity index (χ0v) is 19.5. The molecular weight excluding hydrogens is 459 g/mol. The third kappa shape index (κ3) is 3.50. The van der Waals surface area contributed by atoms with Crippen LogP contribution in [0.4, 0.5) is 4.39 Å². The second-order valence-corrected chi connectivity index (χ2v) is 8.81. The summed E-state index contributed by atoms with van der Waals surface area (Å²) < 4.78 is 19.0. The van der Waals surface area contributed by atoms with Crippen LogP contribution >= 0.6 is 0 Å². The van der Waals surface area contributed by atoms with Gasteiger partial charge >= 0.3 is 0 Å². The number of ether oxygens (including phenoxy) is 1. The predicted octanol–water partition coefficient (Wildman–Crippen LogP) is 5.20. The Kier molecular flexibility index (Phi) is 5.21. The predicted molar refractivity (Wildman–Crippen MR) is 134 cm³/mol. The standard InChI is InChI=1S/C28H23FN4O3/c1-36-23-14-17(8-11-22(23)34)27-24-25(16-6-9-19(29)10-7-16)31-32-26(24)28(35)33(27)13-12-18-15-30-21-5-3-2-4-20(18)21/h2-11,14-15,27,30,34H,12-13H2,1H3,(H,31,32)/t27-/m1/s1. The fourth-order valence-corrected chi connectivity index (χ4v) is 5.05. The van der Waals surface area contributed by atoms with Crippen molar-refractivity contribution in [2.45, 2.75) is 12.5 Å². The number of nitrogens with zero attached hydrogens (tertiary/aromatic N) is 2. The molecule has 1 atom stereocenters. The first kappa shape index (κ1) is 21.9. The van der Waals surface area contributed by atoms with Crippen LogP contribution in [0.3, 0.4) is 0 Å². The Morgan fingerprint density at radius 1 is 1.11 bits per heavy atom. The maximum absolute atomic E-state index is 13.6. The summed E-state index contributed by atoms with van der Waals surface area (Å²) >= 11 is 0. The molecule has 180 valence electrons. The van der Waals surface area contributed by atoms with Gasteiger partial charge in [0, 0.05) is 34.8 Å². The van der Waals surface area contributed by atoms with E-state index in [4.69, 9.17) is 4.74 Å². The van der Waals surface area contributed by atoms with Gasteiger partial charge in [-0.15, -0.1) is 0 Å². The van der Waals surface area contributed by atoms with Crippen molar-refractivity contribution < 1.29 is 19.0 Å². The number of carbonyl (C=O) groups excluding carboxylic acids is 1. The first-order valence-electron chi connectivity index (χ1n) is 11.6. The molecule has 3 heterocycles. The number of amides is 1. The second-order valence-electron chi connectivity index (χ2n) is 8.81. The molecular formula is C28H23FN4O3. The van der Waals surface area contributed by atoms with E-state index in [1.807, 2.05) is 29.3 Å². The van der Waals surface area contributed by atoms with Crippen molar-refractivity contribution in [3.05, 3.63) is 101 Å². The average Bonchev–Trinajstić information content (AvgIpc) is 3.58. The Labute approximate surface area is 206 Å². The number of hydrogen-bond donors (Lipinski definition) is 3. The second kappa shape index (κ2) is 8.57. The summed E-state index contributed by atoms with van der Waals surface area (Å²) in [6, 6.07) is 18.7. The Bertz CT molecular complexity index is 1590. The number of halogens is 1. The first-order valence-corrected chi connectivity index (χ1v) is 11.6. The Morgan fingerprint density at radius 3 is 2.72 bits per heavy atom. The minimum Gasteiger partial charge on any atom is -0.504 e. The Balaban J connectivity index is 1.43. The summed E-state index contributed by atoms with van der Waals surface area (Å²) in [5.41, 5.74) is 5.37. The molecule has 3 aromatic carbocycles. The van der Waals surface area contributed by atoms with Crippen LogP contribution in [-0.2, 0) is 6.42 Å². The third-order valence-electron chi connectivity index (χ3n) is 6.80. The minimum atomic E-state index is -0.467. The summed E-state index contributed by atoms with van der Waals surface area (Å²) in [5.74, 6) is -0.177. The molecule has 8 heteroatoms. The minimum absolute atomic E-state index is 0.0158. The maximum Gasteiger partial charge on any atom is 0.273 e. The van der Waals surface area contributed by atoms with Crippen molar-refractivity contribution in [3.8, 4) is 22.8 Å². The van der Waals surface area contributed by atoms with Crippen molar-refractivity contribution in [1.29, 1.82) is 0 Å². The molecule has 36 heavy (non-hydrogen) atoms. The molecule has 3 N–H and O–H groups in total. The van der Waals surface area contributed by atoms with E-state index in [0.29, 0.717) is 35.7 Å². The van der Waals surface area contributed by atoms with Gasteiger partial charge in [0.25, 0.3) is 5.91 Å². The zero-order valence-electron chi connectivity index (χ0n) is 19.5. The van der Waals surface area contributed by atoms with Crippen LogP contribution in [0.1, 0.15) is 33.2 Å². The highest BCUT2D eigenvalue weighted by Gasteiger charge is 2.42. The molecule has 0 bridgehead atoms. The number of hydrogen-bond acceptors (Lipinski definition) is 4. The van der Waals surface area contributed by atoms with E-state index in [2.05, 4.69) is 21.2 Å². The van der Waals surface area contributed by atoms with Crippen molar-refractivity contribution in [2.24, 2.45) is 0 Å². The number of phenolic OH excluding ortho intramolecular Hbond substituents is 1. The van der Waals surface area contributed by atoms with Gasteiger partial charge in [-0.25, -0.2) is 4.39 Å². The molecule has 0 fully saturated rings. The Morgan fingerprint density at radius 2 is 1.92 bits per heavy atom. The zero-order chi connectivity index (χ0) is 24.8. The Hall–Kier alpha value is -4.59. The van der Waals surface area contributed by atoms with Gasteiger partial charge in [-0.2, -0.15) is 5.10 Å². The SMILES string of the molecule is COc1cc([C@@H]2c3c(-c4ccc(F)cc4)n[nH]c3C(=O)N2CCc2c[nH]c3ccccc23)ccc1O. The van der Waals surface area contributed by atoms with Crippen LogP contribution in [0.25, 0.3) is 22.2 Å². The van der Waals surface area contributed by atoms with Crippen molar-refractivity contribution >= 4 is 16.8 Å². The molecule has 0 aliphatic carbocycles. The smallest absolute Gasteiger partial charge is 0.273 e. The van der Waals surface area contributed by atoms with Gasteiger partial charge in [0.15, 0.2) is 11.5 Å². The molecule has 0 saturated heterocycles. The summed E-state index contributed by atoms with van der Waals surface area (Å²) in [4.78, 5) is 18.7. The summed E-state index contributed by atoms with van der Waals surface area (Å²) in [6.07, 6.45) is 2.62. The van der Waals surface area contributed by atoms with Crippen LogP contribution in [0.15, 0.2) is 72.9 Å². The van der Waals surface area contributed by atoms with Crippen molar-refractivity contribution in [3.63, 3.8) is 0 Å².